The molecule has 0 aromatic heterocycles. The van der Waals surface area contributed by atoms with Crippen LogP contribution in [-0.2, 0) is 14.8 Å². The lowest BCUT2D eigenvalue weighted by atomic mass is 10.0. The molecule has 5 nitrogen and oxygen atoms in total. The molecule has 1 unspecified atom stereocenters. The van der Waals surface area contributed by atoms with Crippen molar-refractivity contribution in [1.29, 1.82) is 0 Å². The van der Waals surface area contributed by atoms with E-state index in [9.17, 15) is 13.2 Å². The Morgan fingerprint density at radius 2 is 2.00 bits per heavy atom. The monoisotopic (exact) mass is 344 g/mol. The predicted molar refractivity (Wildman–Crippen MR) is 87.6 cm³/mol. The number of piperidine rings is 1. The molecule has 1 aromatic rings. The van der Waals surface area contributed by atoms with Gasteiger partial charge in [-0.25, -0.2) is 8.42 Å². The van der Waals surface area contributed by atoms with Gasteiger partial charge in [0.05, 0.1) is 4.90 Å². The van der Waals surface area contributed by atoms with Gasteiger partial charge in [0, 0.05) is 18.3 Å². The summed E-state index contributed by atoms with van der Waals surface area (Å²) in [4.78, 5) is 11.5. The standard InChI is InChI=1S/C15H21ClN2O3S/c1-2-13-5-3-4-10-18(13)22(20,21)14-8-6-12(7-9-14)17-15(19)11-16/h6-9,13H,2-5,10-11H2,1H3,(H,17,19). The van der Waals surface area contributed by atoms with Crippen molar-refractivity contribution in [3.05, 3.63) is 24.3 Å². The van der Waals surface area contributed by atoms with Crippen molar-refractivity contribution in [2.45, 2.75) is 43.5 Å². The summed E-state index contributed by atoms with van der Waals surface area (Å²) in [6, 6.07) is 6.31. The van der Waals surface area contributed by atoms with Crippen LogP contribution in [0.25, 0.3) is 0 Å². The van der Waals surface area contributed by atoms with Gasteiger partial charge in [0.1, 0.15) is 5.88 Å². The number of nitrogens with zero attached hydrogens (tertiary/aromatic N) is 1. The molecule has 0 spiro atoms. The van der Waals surface area contributed by atoms with Gasteiger partial charge in [-0.05, 0) is 43.5 Å². The van der Waals surface area contributed by atoms with E-state index in [1.54, 1.807) is 16.4 Å². The number of nitrogens with one attached hydrogen (secondary N) is 1. The zero-order chi connectivity index (χ0) is 16.2. The van der Waals surface area contributed by atoms with Crippen molar-refractivity contribution in [3.63, 3.8) is 0 Å². The Morgan fingerprint density at radius 3 is 2.59 bits per heavy atom. The Bertz CT molecular complexity index is 616. The molecule has 22 heavy (non-hydrogen) atoms. The maximum absolute atomic E-state index is 12.8. The minimum Gasteiger partial charge on any atom is -0.325 e. The molecule has 0 bridgehead atoms. The Hall–Kier alpha value is -1.11. The largest absolute Gasteiger partial charge is 0.325 e. The van der Waals surface area contributed by atoms with E-state index < -0.39 is 10.0 Å². The number of carbonyl (C=O) groups excluding carboxylic acids is 1. The predicted octanol–water partition coefficient (Wildman–Crippen LogP) is 2.82. The lowest BCUT2D eigenvalue weighted by molar-refractivity contribution is -0.113. The summed E-state index contributed by atoms with van der Waals surface area (Å²) in [5.74, 6) is -0.453. The lowest BCUT2D eigenvalue weighted by Crippen LogP contribution is -2.43. The zero-order valence-electron chi connectivity index (χ0n) is 12.6. The van der Waals surface area contributed by atoms with Crippen LogP contribution in [0.1, 0.15) is 32.6 Å². The zero-order valence-corrected chi connectivity index (χ0v) is 14.2. The normalized spacial score (nSPS) is 19.8. The molecule has 1 N–H and O–H groups in total. The van der Waals surface area contributed by atoms with Crippen molar-refractivity contribution >= 4 is 33.2 Å². The number of hydrogen-bond acceptors (Lipinski definition) is 3. The second-order valence-electron chi connectivity index (χ2n) is 5.38. The van der Waals surface area contributed by atoms with Crippen LogP contribution >= 0.6 is 11.6 Å². The van der Waals surface area contributed by atoms with Gasteiger partial charge in [-0.1, -0.05) is 13.3 Å². The molecule has 1 saturated heterocycles. The molecule has 1 fully saturated rings. The van der Waals surface area contributed by atoms with Crippen molar-refractivity contribution in [2.24, 2.45) is 0 Å². The van der Waals surface area contributed by atoms with Crippen LogP contribution in [0, 0.1) is 0 Å². The fraction of sp³-hybridized carbons (Fsp3) is 0.533. The van der Waals surface area contributed by atoms with Gasteiger partial charge in [0.15, 0.2) is 0 Å². The highest BCUT2D eigenvalue weighted by atomic mass is 35.5. The maximum atomic E-state index is 12.8. The summed E-state index contributed by atoms with van der Waals surface area (Å²) in [7, 11) is -3.48. The number of benzene rings is 1. The highest BCUT2D eigenvalue weighted by Gasteiger charge is 2.32. The third-order valence-electron chi connectivity index (χ3n) is 3.91. The van der Waals surface area contributed by atoms with Crippen LogP contribution in [0.3, 0.4) is 0 Å². The van der Waals surface area contributed by atoms with E-state index in [1.807, 2.05) is 6.92 Å². The number of rotatable bonds is 5. The fourth-order valence-corrected chi connectivity index (χ4v) is 4.57. The number of amides is 1. The van der Waals surface area contributed by atoms with E-state index in [1.165, 1.54) is 12.1 Å². The molecule has 1 aliphatic heterocycles. The number of alkyl halides is 1. The first-order chi connectivity index (χ1) is 10.5. The summed E-state index contributed by atoms with van der Waals surface area (Å²) < 4.78 is 27.1. The van der Waals surface area contributed by atoms with Crippen molar-refractivity contribution in [1.82, 2.24) is 4.31 Å². The molecular formula is C15H21ClN2O3S. The van der Waals surface area contributed by atoms with E-state index >= 15 is 0 Å². The third-order valence-corrected chi connectivity index (χ3v) is 6.12. The summed E-state index contributed by atoms with van der Waals surface area (Å²) in [6.07, 6.45) is 3.72. The van der Waals surface area contributed by atoms with Gasteiger partial charge in [-0.3, -0.25) is 4.79 Å². The van der Waals surface area contributed by atoms with Crippen LogP contribution in [0.15, 0.2) is 29.2 Å². The van der Waals surface area contributed by atoms with Crippen molar-refractivity contribution in [2.75, 3.05) is 17.7 Å². The van der Waals surface area contributed by atoms with Gasteiger partial charge in [0.25, 0.3) is 0 Å². The molecule has 122 valence electrons. The number of halogens is 1. The minimum absolute atomic E-state index is 0.0781. The highest BCUT2D eigenvalue weighted by Crippen LogP contribution is 2.27. The Labute approximate surface area is 136 Å². The first-order valence-electron chi connectivity index (χ1n) is 7.46. The van der Waals surface area contributed by atoms with Crippen molar-refractivity contribution < 1.29 is 13.2 Å². The van der Waals surface area contributed by atoms with E-state index in [4.69, 9.17) is 11.6 Å². The minimum atomic E-state index is -3.48. The van der Waals surface area contributed by atoms with Crippen LogP contribution in [0.4, 0.5) is 5.69 Å². The van der Waals surface area contributed by atoms with Crippen LogP contribution in [0.5, 0.6) is 0 Å². The average Bonchev–Trinajstić information content (AvgIpc) is 2.55. The Morgan fingerprint density at radius 1 is 1.32 bits per heavy atom. The quantitative estimate of drug-likeness (QED) is 0.835. The van der Waals surface area contributed by atoms with E-state index in [0.717, 1.165) is 25.7 Å². The molecule has 0 radical (unpaired) electrons. The fourth-order valence-electron chi connectivity index (χ4n) is 2.74. The molecule has 1 atom stereocenters. The second-order valence-corrected chi connectivity index (χ2v) is 7.54. The number of hydrogen-bond donors (Lipinski definition) is 1. The first-order valence-corrected chi connectivity index (χ1v) is 9.44. The maximum Gasteiger partial charge on any atom is 0.243 e. The number of sulfonamides is 1. The van der Waals surface area contributed by atoms with Crippen LogP contribution in [0.2, 0.25) is 0 Å². The number of anilines is 1. The SMILES string of the molecule is CCC1CCCCN1S(=O)(=O)c1ccc(NC(=O)CCl)cc1. The van der Waals surface area contributed by atoms with Gasteiger partial charge >= 0.3 is 0 Å². The van der Waals surface area contributed by atoms with Crippen molar-refractivity contribution in [3.8, 4) is 0 Å². The molecule has 0 aliphatic carbocycles. The van der Waals surface area contributed by atoms with Crippen LogP contribution < -0.4 is 5.32 Å². The van der Waals surface area contributed by atoms with Gasteiger partial charge < -0.3 is 5.32 Å². The van der Waals surface area contributed by atoms with Gasteiger partial charge in [-0.15, -0.1) is 11.6 Å². The molecule has 7 heteroatoms. The highest BCUT2D eigenvalue weighted by molar-refractivity contribution is 7.89. The lowest BCUT2D eigenvalue weighted by Gasteiger charge is -2.34. The summed E-state index contributed by atoms with van der Waals surface area (Å²) in [6.45, 7) is 2.59. The third kappa shape index (κ3) is 3.80. The molecule has 2 rings (SSSR count). The molecule has 0 saturated carbocycles. The smallest absolute Gasteiger partial charge is 0.243 e. The second kappa shape index (κ2) is 7.44. The first kappa shape index (κ1) is 17.2. The summed E-state index contributed by atoms with van der Waals surface area (Å²) in [5, 5.41) is 2.59. The molecule has 1 aliphatic rings. The van der Waals surface area contributed by atoms with Gasteiger partial charge in [-0.2, -0.15) is 4.31 Å². The van der Waals surface area contributed by atoms with E-state index in [0.29, 0.717) is 12.2 Å². The Kier molecular flexibility index (Phi) is 5.83. The molecule has 1 amide bonds. The summed E-state index contributed by atoms with van der Waals surface area (Å²) in [5.41, 5.74) is 0.537. The number of carbonyl (C=O) groups is 1. The van der Waals surface area contributed by atoms with E-state index in [2.05, 4.69) is 5.32 Å². The van der Waals surface area contributed by atoms with Crippen LogP contribution in [-0.4, -0.2) is 37.1 Å². The van der Waals surface area contributed by atoms with E-state index in [-0.39, 0.29) is 22.7 Å². The molecule has 1 aromatic carbocycles. The Balaban J connectivity index is 2.20. The molecule has 1 heterocycles. The average molecular weight is 345 g/mol. The summed E-state index contributed by atoms with van der Waals surface area (Å²) >= 11 is 5.42. The van der Waals surface area contributed by atoms with Gasteiger partial charge in [0.2, 0.25) is 15.9 Å². The molecular weight excluding hydrogens is 324 g/mol. The topological polar surface area (TPSA) is 66.5 Å².